The first-order valence-corrected chi connectivity index (χ1v) is 8.53. The minimum Gasteiger partial charge on any atom is -0.494 e. The Morgan fingerprint density at radius 1 is 0.966 bits per heavy atom. The predicted molar refractivity (Wildman–Crippen MR) is 103 cm³/mol. The fraction of sp³-hybridized carbons (Fsp3) is 0.158. The van der Waals surface area contributed by atoms with Crippen molar-refractivity contribution in [2.75, 3.05) is 19.5 Å². The molecule has 0 saturated heterocycles. The number of aromatic nitrogens is 5. The van der Waals surface area contributed by atoms with Gasteiger partial charge in [-0.1, -0.05) is 0 Å². The molecule has 146 valence electrons. The zero-order valence-electron chi connectivity index (χ0n) is 15.8. The van der Waals surface area contributed by atoms with Crippen LogP contribution < -0.4 is 14.8 Å². The molecule has 0 aliphatic heterocycles. The van der Waals surface area contributed by atoms with Gasteiger partial charge in [-0.05, 0) is 12.1 Å². The van der Waals surface area contributed by atoms with E-state index in [0.717, 1.165) is 11.1 Å². The van der Waals surface area contributed by atoms with Crippen LogP contribution in [0.2, 0.25) is 0 Å². The normalized spacial score (nSPS) is 10.7. The third-order valence-corrected chi connectivity index (χ3v) is 4.09. The smallest absolute Gasteiger partial charge is 0.316 e. The highest BCUT2D eigenvalue weighted by atomic mass is 16.5. The second kappa shape index (κ2) is 7.50. The molecule has 0 bridgehead atoms. The molecule has 29 heavy (non-hydrogen) atoms. The van der Waals surface area contributed by atoms with Crippen molar-refractivity contribution in [2.24, 2.45) is 0 Å². The maximum atomic E-state index is 12.3. The zero-order chi connectivity index (χ0) is 20.4. The molecule has 0 radical (unpaired) electrons. The standard InChI is InChI=1S/C19H16N6O4/c1-10-20-8-14(29-10)18(26)25-15-9-21-16-12(4-5-13(27-2)17(16)24-15)11-6-22-19(28-3)23-7-11/h4-9H,1-3H3,(H,24,25,26). The van der Waals surface area contributed by atoms with E-state index in [0.29, 0.717) is 22.7 Å². The summed E-state index contributed by atoms with van der Waals surface area (Å²) in [4.78, 5) is 33.4. The van der Waals surface area contributed by atoms with Crippen LogP contribution in [0, 0.1) is 6.92 Å². The van der Waals surface area contributed by atoms with Gasteiger partial charge in [0.15, 0.2) is 11.7 Å². The number of nitrogens with zero attached hydrogens (tertiary/aromatic N) is 5. The Hall–Kier alpha value is -4.08. The van der Waals surface area contributed by atoms with Crippen LogP contribution >= 0.6 is 0 Å². The summed E-state index contributed by atoms with van der Waals surface area (Å²) in [7, 11) is 3.04. The molecular formula is C19H16N6O4. The first-order chi connectivity index (χ1) is 14.1. The van der Waals surface area contributed by atoms with Crippen LogP contribution in [0.25, 0.3) is 22.2 Å². The summed E-state index contributed by atoms with van der Waals surface area (Å²) in [6, 6.07) is 3.88. The van der Waals surface area contributed by atoms with E-state index < -0.39 is 5.91 Å². The Balaban J connectivity index is 1.74. The summed E-state index contributed by atoms with van der Waals surface area (Å²) < 4.78 is 15.6. The number of hydrogen-bond donors (Lipinski definition) is 1. The van der Waals surface area contributed by atoms with Gasteiger partial charge in [0.2, 0.25) is 5.76 Å². The Morgan fingerprint density at radius 3 is 2.41 bits per heavy atom. The molecule has 4 rings (SSSR count). The zero-order valence-corrected chi connectivity index (χ0v) is 15.8. The average molecular weight is 392 g/mol. The van der Waals surface area contributed by atoms with Crippen LogP contribution in [0.5, 0.6) is 11.8 Å². The summed E-state index contributed by atoms with van der Waals surface area (Å²) in [6.07, 6.45) is 6.08. The largest absolute Gasteiger partial charge is 0.494 e. The number of carbonyl (C=O) groups is 1. The number of ether oxygens (including phenoxy) is 2. The minimum absolute atomic E-state index is 0.0838. The van der Waals surface area contributed by atoms with Crippen LogP contribution in [0.4, 0.5) is 5.82 Å². The SMILES string of the molecule is COc1ncc(-c2ccc(OC)c3nc(NC(=O)c4cnc(C)o4)cnc23)cn1. The molecule has 0 aliphatic rings. The first kappa shape index (κ1) is 18.3. The molecule has 3 heterocycles. The molecule has 1 aromatic carbocycles. The maximum Gasteiger partial charge on any atom is 0.316 e. The van der Waals surface area contributed by atoms with E-state index in [4.69, 9.17) is 13.9 Å². The van der Waals surface area contributed by atoms with E-state index >= 15 is 0 Å². The molecule has 0 atom stereocenters. The molecule has 0 saturated carbocycles. The second-order valence-corrected chi connectivity index (χ2v) is 5.92. The lowest BCUT2D eigenvalue weighted by Gasteiger charge is -2.11. The van der Waals surface area contributed by atoms with Gasteiger partial charge in [0.25, 0.3) is 5.91 Å². The molecule has 4 aromatic rings. The molecule has 10 heteroatoms. The molecule has 0 unspecified atom stereocenters. The lowest BCUT2D eigenvalue weighted by atomic mass is 10.1. The Bertz CT molecular complexity index is 1190. The summed E-state index contributed by atoms with van der Waals surface area (Å²) in [5.74, 6) is 0.765. The number of fused-ring (bicyclic) bond motifs is 1. The predicted octanol–water partition coefficient (Wildman–Crippen LogP) is 2.65. The van der Waals surface area contributed by atoms with Crippen LogP contribution in [-0.2, 0) is 0 Å². The van der Waals surface area contributed by atoms with Crippen molar-refractivity contribution in [3.8, 4) is 22.9 Å². The Kier molecular flexibility index (Phi) is 4.73. The summed E-state index contributed by atoms with van der Waals surface area (Å²) >= 11 is 0. The number of nitrogens with one attached hydrogen (secondary N) is 1. The molecule has 1 N–H and O–H groups in total. The summed E-state index contributed by atoms with van der Waals surface area (Å²) in [6.45, 7) is 1.65. The number of methoxy groups -OCH3 is 2. The van der Waals surface area contributed by atoms with Crippen molar-refractivity contribution in [3.63, 3.8) is 0 Å². The van der Waals surface area contributed by atoms with E-state index in [9.17, 15) is 4.79 Å². The van der Waals surface area contributed by atoms with Gasteiger partial charge < -0.3 is 19.2 Å². The number of carbonyl (C=O) groups excluding carboxylic acids is 1. The molecule has 3 aromatic heterocycles. The van der Waals surface area contributed by atoms with Gasteiger partial charge in [-0.15, -0.1) is 0 Å². The van der Waals surface area contributed by atoms with Crippen LogP contribution in [0.3, 0.4) is 0 Å². The fourth-order valence-electron chi connectivity index (χ4n) is 2.74. The quantitative estimate of drug-likeness (QED) is 0.545. The Morgan fingerprint density at radius 2 is 1.76 bits per heavy atom. The number of anilines is 1. The van der Waals surface area contributed by atoms with Crippen LogP contribution in [0.15, 0.2) is 41.3 Å². The number of oxazole rings is 1. The fourth-order valence-corrected chi connectivity index (χ4v) is 2.74. The van der Waals surface area contributed by atoms with Gasteiger partial charge in [-0.2, -0.15) is 0 Å². The maximum absolute atomic E-state index is 12.3. The van der Waals surface area contributed by atoms with Crippen molar-refractivity contribution in [2.45, 2.75) is 6.92 Å². The van der Waals surface area contributed by atoms with Crippen LogP contribution in [0.1, 0.15) is 16.4 Å². The molecule has 0 fully saturated rings. The van der Waals surface area contributed by atoms with Gasteiger partial charge in [0.1, 0.15) is 16.8 Å². The minimum atomic E-state index is -0.474. The third-order valence-electron chi connectivity index (χ3n) is 4.09. The van der Waals surface area contributed by atoms with Gasteiger partial charge in [0, 0.05) is 30.4 Å². The van der Waals surface area contributed by atoms with Gasteiger partial charge >= 0.3 is 6.01 Å². The van der Waals surface area contributed by atoms with Crippen molar-refractivity contribution >= 4 is 22.8 Å². The Labute approximate surface area is 165 Å². The number of aryl methyl sites for hydroxylation is 1. The number of amides is 1. The van der Waals surface area contributed by atoms with E-state index in [-0.39, 0.29) is 17.6 Å². The van der Waals surface area contributed by atoms with E-state index in [1.54, 1.807) is 25.4 Å². The monoisotopic (exact) mass is 392 g/mol. The van der Waals surface area contributed by atoms with E-state index in [1.165, 1.54) is 26.6 Å². The highest BCUT2D eigenvalue weighted by Crippen LogP contribution is 2.32. The van der Waals surface area contributed by atoms with Crippen molar-refractivity contribution in [1.82, 2.24) is 24.9 Å². The van der Waals surface area contributed by atoms with E-state index in [1.807, 2.05) is 6.07 Å². The lowest BCUT2D eigenvalue weighted by molar-refractivity contribution is 0.0995. The van der Waals surface area contributed by atoms with Gasteiger partial charge in [-0.25, -0.2) is 24.9 Å². The molecule has 0 aliphatic carbocycles. The highest BCUT2D eigenvalue weighted by molar-refractivity contribution is 6.02. The average Bonchev–Trinajstić information content (AvgIpc) is 3.19. The topological polar surface area (TPSA) is 125 Å². The van der Waals surface area contributed by atoms with Gasteiger partial charge in [0.05, 0.1) is 26.6 Å². The molecule has 1 amide bonds. The lowest BCUT2D eigenvalue weighted by Crippen LogP contribution is -2.12. The second-order valence-electron chi connectivity index (χ2n) is 5.92. The number of benzene rings is 1. The van der Waals surface area contributed by atoms with E-state index in [2.05, 4.69) is 30.2 Å². The van der Waals surface area contributed by atoms with Crippen LogP contribution in [-0.4, -0.2) is 45.0 Å². The van der Waals surface area contributed by atoms with Crippen molar-refractivity contribution < 1.29 is 18.7 Å². The highest BCUT2D eigenvalue weighted by Gasteiger charge is 2.16. The van der Waals surface area contributed by atoms with Crippen molar-refractivity contribution in [3.05, 3.63) is 48.6 Å². The van der Waals surface area contributed by atoms with Crippen molar-refractivity contribution in [1.29, 1.82) is 0 Å². The molecule has 10 nitrogen and oxygen atoms in total. The molecule has 0 spiro atoms. The summed E-state index contributed by atoms with van der Waals surface area (Å²) in [5.41, 5.74) is 2.56. The van der Waals surface area contributed by atoms with Gasteiger partial charge in [-0.3, -0.25) is 4.79 Å². The summed E-state index contributed by atoms with van der Waals surface area (Å²) in [5, 5.41) is 2.65. The molecular weight excluding hydrogens is 376 g/mol. The first-order valence-electron chi connectivity index (χ1n) is 8.53. The number of rotatable bonds is 5. The third kappa shape index (κ3) is 3.55. The number of hydrogen-bond acceptors (Lipinski definition) is 9.